The molecule has 0 N–H and O–H groups in total. The molecular weight excluding hydrogens is 387 g/mol. The monoisotopic (exact) mass is 404 g/mol. The maximum absolute atomic E-state index is 13.3. The van der Waals surface area contributed by atoms with Gasteiger partial charge in [-0.1, -0.05) is 0 Å². The van der Waals surface area contributed by atoms with Crippen LogP contribution in [0.1, 0.15) is 5.69 Å². The molecule has 27 heavy (non-hydrogen) atoms. The highest BCUT2D eigenvalue weighted by Crippen LogP contribution is 2.30. The number of anilines is 1. The second-order valence-electron chi connectivity index (χ2n) is 6.31. The van der Waals surface area contributed by atoms with E-state index in [1.807, 2.05) is 10.3 Å². The molecule has 0 radical (unpaired) electrons. The lowest BCUT2D eigenvalue weighted by atomic mass is 10.2. The zero-order valence-corrected chi connectivity index (χ0v) is 16.0. The van der Waals surface area contributed by atoms with Crippen molar-refractivity contribution in [2.75, 3.05) is 31.1 Å². The van der Waals surface area contributed by atoms with Gasteiger partial charge in [-0.15, -0.1) is 11.3 Å². The van der Waals surface area contributed by atoms with Gasteiger partial charge in [-0.2, -0.15) is 11.3 Å². The maximum Gasteiger partial charge on any atom is 0.295 e. The van der Waals surface area contributed by atoms with Crippen LogP contribution in [0.25, 0.3) is 10.6 Å². The van der Waals surface area contributed by atoms with E-state index in [1.54, 1.807) is 22.7 Å². The summed E-state index contributed by atoms with van der Waals surface area (Å²) in [5.41, 5.74) is 2.50. The zero-order valence-electron chi connectivity index (χ0n) is 14.4. The van der Waals surface area contributed by atoms with E-state index >= 15 is 0 Å². The molecule has 0 spiro atoms. The number of aromatic nitrogens is 1. The van der Waals surface area contributed by atoms with Crippen molar-refractivity contribution in [1.82, 2.24) is 9.88 Å². The predicted octanol–water partition coefficient (Wildman–Crippen LogP) is 4.24. The molecule has 0 atom stereocenters. The Hall–Kier alpha value is -2.36. The summed E-state index contributed by atoms with van der Waals surface area (Å²) >= 11 is 3.31. The Bertz CT molecular complexity index is 937. The Morgan fingerprint density at radius 1 is 1.19 bits per heavy atom. The first kappa shape index (κ1) is 18.0. The molecule has 0 aliphatic carbocycles. The van der Waals surface area contributed by atoms with Crippen molar-refractivity contribution in [2.45, 2.75) is 6.54 Å². The number of benzene rings is 1. The molecule has 1 saturated heterocycles. The van der Waals surface area contributed by atoms with Crippen LogP contribution in [-0.4, -0.2) is 41.0 Å². The quantitative estimate of drug-likeness (QED) is 0.470. The summed E-state index contributed by atoms with van der Waals surface area (Å²) in [5.74, 6) is -0.589. The molecule has 6 nitrogen and oxygen atoms in total. The van der Waals surface area contributed by atoms with Gasteiger partial charge in [0.1, 0.15) is 16.5 Å². The summed E-state index contributed by atoms with van der Waals surface area (Å²) in [7, 11) is 0. The predicted molar refractivity (Wildman–Crippen MR) is 106 cm³/mol. The van der Waals surface area contributed by atoms with Gasteiger partial charge in [0, 0.05) is 49.0 Å². The lowest BCUT2D eigenvalue weighted by Crippen LogP contribution is -2.46. The summed E-state index contributed by atoms with van der Waals surface area (Å²) in [6, 6.07) is 5.83. The summed E-state index contributed by atoms with van der Waals surface area (Å²) in [6.07, 6.45) is 0. The lowest BCUT2D eigenvalue weighted by Gasteiger charge is -2.35. The molecule has 0 amide bonds. The van der Waals surface area contributed by atoms with Crippen LogP contribution in [0.3, 0.4) is 0 Å². The van der Waals surface area contributed by atoms with Gasteiger partial charge in [-0.25, -0.2) is 9.37 Å². The van der Waals surface area contributed by atoms with Crippen LogP contribution in [0.15, 0.2) is 40.4 Å². The van der Waals surface area contributed by atoms with Crippen LogP contribution in [0.5, 0.6) is 0 Å². The summed E-state index contributed by atoms with van der Waals surface area (Å²) in [5, 5.41) is 18.5. The SMILES string of the molecule is O=[N+]([O-])c1cc(F)ccc1N1CCN(Cc2csc(-c3ccsc3)n2)CC1. The number of rotatable bonds is 5. The van der Waals surface area contributed by atoms with Crippen molar-refractivity contribution in [3.05, 3.63) is 62.0 Å². The first-order valence-electron chi connectivity index (χ1n) is 8.48. The largest absolute Gasteiger partial charge is 0.363 e. The zero-order chi connectivity index (χ0) is 18.8. The second kappa shape index (κ2) is 7.71. The second-order valence-corrected chi connectivity index (χ2v) is 7.95. The molecule has 3 heterocycles. The van der Waals surface area contributed by atoms with E-state index in [-0.39, 0.29) is 5.69 Å². The minimum absolute atomic E-state index is 0.177. The van der Waals surface area contributed by atoms with E-state index in [2.05, 4.69) is 21.7 Å². The molecule has 0 bridgehead atoms. The molecule has 1 aliphatic rings. The third-order valence-electron chi connectivity index (χ3n) is 4.55. The van der Waals surface area contributed by atoms with Crippen LogP contribution >= 0.6 is 22.7 Å². The fraction of sp³-hybridized carbons (Fsp3) is 0.278. The molecule has 1 fully saturated rings. The van der Waals surface area contributed by atoms with Gasteiger partial charge in [0.25, 0.3) is 5.69 Å². The number of nitrogens with zero attached hydrogens (tertiary/aromatic N) is 4. The van der Waals surface area contributed by atoms with E-state index in [0.717, 1.165) is 42.0 Å². The molecule has 9 heteroatoms. The Balaban J connectivity index is 1.39. The Labute approximate surface area is 163 Å². The fourth-order valence-electron chi connectivity index (χ4n) is 3.18. The van der Waals surface area contributed by atoms with Crippen molar-refractivity contribution in [3.8, 4) is 10.6 Å². The molecule has 2 aromatic heterocycles. The number of thiazole rings is 1. The summed E-state index contributed by atoms with van der Waals surface area (Å²) in [4.78, 5) is 19.6. The number of halogens is 1. The smallest absolute Gasteiger partial charge is 0.295 e. The maximum atomic E-state index is 13.3. The first-order valence-corrected chi connectivity index (χ1v) is 10.3. The minimum atomic E-state index is -0.589. The van der Waals surface area contributed by atoms with Gasteiger partial charge in [-0.05, 0) is 23.6 Å². The highest BCUT2D eigenvalue weighted by atomic mass is 32.1. The molecule has 4 rings (SSSR count). The van der Waals surface area contributed by atoms with Crippen molar-refractivity contribution in [1.29, 1.82) is 0 Å². The standard InChI is InChI=1S/C18H17FN4O2S2/c19-14-1-2-16(17(9-14)23(24)25)22-6-4-21(5-7-22)10-15-12-27-18(20-15)13-3-8-26-11-13/h1-3,8-9,11-12H,4-7,10H2. The molecule has 1 aliphatic heterocycles. The van der Waals surface area contributed by atoms with Crippen LogP contribution in [0.4, 0.5) is 15.8 Å². The fourth-order valence-corrected chi connectivity index (χ4v) is 4.71. The normalized spacial score (nSPS) is 15.2. The van der Waals surface area contributed by atoms with E-state index < -0.39 is 10.7 Å². The Kier molecular flexibility index (Phi) is 5.15. The number of thiophene rings is 1. The van der Waals surface area contributed by atoms with E-state index in [9.17, 15) is 14.5 Å². The molecule has 0 saturated carbocycles. The van der Waals surface area contributed by atoms with E-state index in [4.69, 9.17) is 4.98 Å². The van der Waals surface area contributed by atoms with Crippen molar-refractivity contribution >= 4 is 34.0 Å². The van der Waals surface area contributed by atoms with Crippen molar-refractivity contribution < 1.29 is 9.31 Å². The van der Waals surface area contributed by atoms with Crippen molar-refractivity contribution in [3.63, 3.8) is 0 Å². The van der Waals surface area contributed by atoms with Crippen LogP contribution in [0.2, 0.25) is 0 Å². The van der Waals surface area contributed by atoms with Gasteiger partial charge in [0.05, 0.1) is 16.7 Å². The van der Waals surface area contributed by atoms with Crippen LogP contribution in [-0.2, 0) is 6.54 Å². The average molecular weight is 404 g/mol. The highest BCUT2D eigenvalue weighted by Gasteiger charge is 2.24. The topological polar surface area (TPSA) is 62.5 Å². The van der Waals surface area contributed by atoms with E-state index in [1.165, 1.54) is 12.1 Å². The van der Waals surface area contributed by atoms with Gasteiger partial charge < -0.3 is 4.90 Å². The summed E-state index contributed by atoms with van der Waals surface area (Å²) < 4.78 is 13.3. The first-order chi connectivity index (χ1) is 13.1. The molecule has 140 valence electrons. The number of piperazine rings is 1. The van der Waals surface area contributed by atoms with Gasteiger partial charge in [0.2, 0.25) is 0 Å². The van der Waals surface area contributed by atoms with Crippen LogP contribution < -0.4 is 4.90 Å². The number of nitro benzene ring substituents is 1. The lowest BCUT2D eigenvalue weighted by molar-refractivity contribution is -0.384. The van der Waals surface area contributed by atoms with E-state index in [0.29, 0.717) is 18.8 Å². The number of hydrogen-bond acceptors (Lipinski definition) is 7. The third-order valence-corrected chi connectivity index (χ3v) is 6.18. The Morgan fingerprint density at radius 3 is 2.70 bits per heavy atom. The molecule has 1 aromatic carbocycles. The third kappa shape index (κ3) is 4.00. The van der Waals surface area contributed by atoms with Crippen LogP contribution in [0, 0.1) is 15.9 Å². The van der Waals surface area contributed by atoms with Gasteiger partial charge in [0.15, 0.2) is 0 Å². The van der Waals surface area contributed by atoms with Gasteiger partial charge in [-0.3, -0.25) is 15.0 Å². The molecular formula is C18H17FN4O2S2. The summed E-state index contributed by atoms with van der Waals surface area (Å²) in [6.45, 7) is 3.64. The number of hydrogen-bond donors (Lipinski definition) is 0. The number of nitro groups is 1. The van der Waals surface area contributed by atoms with Gasteiger partial charge >= 0.3 is 0 Å². The van der Waals surface area contributed by atoms with Crippen molar-refractivity contribution in [2.24, 2.45) is 0 Å². The molecule has 0 unspecified atom stereocenters. The average Bonchev–Trinajstić information content (AvgIpc) is 3.34. The molecule has 3 aromatic rings. The highest BCUT2D eigenvalue weighted by molar-refractivity contribution is 7.14. The minimum Gasteiger partial charge on any atom is -0.363 e. The Morgan fingerprint density at radius 2 is 2.00 bits per heavy atom.